The monoisotopic (exact) mass is 316 g/mol. The number of rotatable bonds is 3. The summed E-state index contributed by atoms with van der Waals surface area (Å²) in [7, 11) is 0. The van der Waals surface area contributed by atoms with Crippen LogP contribution in [0.25, 0.3) is 0 Å². The highest BCUT2D eigenvalue weighted by Crippen LogP contribution is 2.23. The van der Waals surface area contributed by atoms with E-state index in [0.717, 1.165) is 0 Å². The molecule has 1 aromatic rings. The topological polar surface area (TPSA) is 86.5 Å². The van der Waals surface area contributed by atoms with Crippen LogP contribution in [0.2, 0.25) is 0 Å². The number of likely N-dealkylation sites (tertiary alicyclic amines) is 1. The fourth-order valence-electron chi connectivity index (χ4n) is 1.77. The van der Waals surface area contributed by atoms with Crippen LogP contribution in [0.15, 0.2) is 6.20 Å². The zero-order valence-electron chi connectivity index (χ0n) is 12.1. The summed E-state index contributed by atoms with van der Waals surface area (Å²) in [4.78, 5) is 24.8. The third kappa shape index (κ3) is 3.84. The number of ether oxygens (including phenoxy) is 2. The van der Waals surface area contributed by atoms with Gasteiger partial charge in [0.05, 0.1) is 12.2 Å². The second kappa shape index (κ2) is 5.88. The average Bonchev–Trinajstić information content (AvgIpc) is 2.74. The number of hydrogen-bond donors (Lipinski definition) is 0. The lowest BCUT2D eigenvalue weighted by molar-refractivity contribution is -0.000649. The van der Waals surface area contributed by atoms with Crippen molar-refractivity contribution < 1.29 is 19.1 Å². The summed E-state index contributed by atoms with van der Waals surface area (Å²) < 4.78 is 11.4. The Hall–Kier alpha value is -1.83. The summed E-state index contributed by atoms with van der Waals surface area (Å²) in [5, 5.41) is 7.57. The van der Waals surface area contributed by atoms with Crippen molar-refractivity contribution in [3.8, 4) is 0 Å². The first-order chi connectivity index (χ1) is 9.80. The highest BCUT2D eigenvalue weighted by molar-refractivity contribution is 6.17. The van der Waals surface area contributed by atoms with E-state index in [2.05, 4.69) is 15.0 Å². The van der Waals surface area contributed by atoms with Gasteiger partial charge in [0, 0.05) is 13.1 Å². The molecule has 9 heteroatoms. The zero-order valence-corrected chi connectivity index (χ0v) is 12.8. The number of nitrogens with zero attached hydrogens (tertiary/aromatic N) is 4. The predicted molar refractivity (Wildman–Crippen MR) is 73.0 cm³/mol. The van der Waals surface area contributed by atoms with Crippen molar-refractivity contribution in [2.45, 2.75) is 32.4 Å². The van der Waals surface area contributed by atoms with Gasteiger partial charge >= 0.3 is 12.1 Å². The largest absolute Gasteiger partial charge is 0.445 e. The summed E-state index contributed by atoms with van der Waals surface area (Å²) in [6.07, 6.45) is 1.12. The Morgan fingerprint density at radius 2 is 2.10 bits per heavy atom. The van der Waals surface area contributed by atoms with Crippen LogP contribution in [-0.4, -0.2) is 56.7 Å². The van der Waals surface area contributed by atoms with Crippen molar-refractivity contribution in [2.24, 2.45) is 0 Å². The molecule has 1 aliphatic heterocycles. The van der Waals surface area contributed by atoms with Crippen molar-refractivity contribution >= 4 is 23.7 Å². The van der Waals surface area contributed by atoms with Gasteiger partial charge < -0.3 is 14.4 Å². The molecule has 1 saturated heterocycles. The fourth-order valence-corrected chi connectivity index (χ4v) is 1.87. The first-order valence-electron chi connectivity index (χ1n) is 6.43. The van der Waals surface area contributed by atoms with Gasteiger partial charge in [0.25, 0.3) is 0 Å². The van der Waals surface area contributed by atoms with Crippen molar-refractivity contribution in [3.05, 3.63) is 11.9 Å². The summed E-state index contributed by atoms with van der Waals surface area (Å²) in [6, 6.07) is -0.260. The number of carbonyl (C=O) groups excluding carboxylic acids is 2. The molecule has 21 heavy (non-hydrogen) atoms. The molecule has 0 aromatic carbocycles. The fraction of sp³-hybridized carbons (Fsp3) is 0.667. The van der Waals surface area contributed by atoms with E-state index in [1.807, 2.05) is 20.8 Å². The Morgan fingerprint density at radius 1 is 1.43 bits per heavy atom. The molecule has 2 heterocycles. The summed E-state index contributed by atoms with van der Waals surface area (Å²) in [5.74, 6) is -0.625. The van der Waals surface area contributed by atoms with Crippen LogP contribution in [0.4, 0.5) is 4.79 Å². The van der Waals surface area contributed by atoms with Crippen molar-refractivity contribution in [2.75, 3.05) is 19.2 Å². The lowest BCUT2D eigenvalue weighted by Gasteiger charge is -2.39. The van der Waals surface area contributed by atoms with Gasteiger partial charge in [0.1, 0.15) is 5.60 Å². The van der Waals surface area contributed by atoms with Crippen molar-refractivity contribution in [1.29, 1.82) is 0 Å². The van der Waals surface area contributed by atoms with Gasteiger partial charge in [-0.05, 0) is 20.8 Å². The minimum Gasteiger partial charge on any atom is -0.445 e. The second-order valence-corrected chi connectivity index (χ2v) is 5.88. The molecule has 116 valence electrons. The molecule has 0 aliphatic carbocycles. The highest BCUT2D eigenvalue weighted by atomic mass is 35.5. The highest BCUT2D eigenvalue weighted by Gasteiger charge is 2.35. The minimum absolute atomic E-state index is 0.0254. The Kier molecular flexibility index (Phi) is 4.36. The molecular weight excluding hydrogens is 300 g/mol. The zero-order chi connectivity index (χ0) is 15.6. The van der Waals surface area contributed by atoms with Gasteiger partial charge in [-0.3, -0.25) is 0 Å². The molecule has 0 N–H and O–H groups in total. The molecule has 1 fully saturated rings. The Balaban J connectivity index is 1.87. The standard InChI is InChI=1S/C12H17ClN4O4/c1-12(2,3)21-11(19)16-4-8(5-16)17-6-9(14-15-17)10(18)20-7-13/h6,8H,4-5,7H2,1-3H3. The Labute approximate surface area is 126 Å². The number of aromatic nitrogens is 3. The van der Waals surface area contributed by atoms with Gasteiger partial charge in [-0.1, -0.05) is 16.8 Å². The Bertz CT molecular complexity index is 534. The summed E-state index contributed by atoms with van der Waals surface area (Å²) in [5.41, 5.74) is -0.431. The van der Waals surface area contributed by atoms with Gasteiger partial charge in [0.15, 0.2) is 11.8 Å². The summed E-state index contributed by atoms with van der Waals surface area (Å²) >= 11 is 5.30. The minimum atomic E-state index is -0.625. The number of hydrogen-bond acceptors (Lipinski definition) is 6. The van der Waals surface area contributed by atoms with E-state index >= 15 is 0 Å². The van der Waals surface area contributed by atoms with Crippen LogP contribution in [0.1, 0.15) is 37.3 Å². The maximum absolute atomic E-state index is 11.8. The normalized spacial score (nSPS) is 15.5. The van der Waals surface area contributed by atoms with Gasteiger partial charge in [-0.15, -0.1) is 5.10 Å². The lowest BCUT2D eigenvalue weighted by Crippen LogP contribution is -2.52. The van der Waals surface area contributed by atoms with Crippen LogP contribution in [0.3, 0.4) is 0 Å². The molecule has 0 saturated carbocycles. The van der Waals surface area contributed by atoms with Gasteiger partial charge in [-0.25, -0.2) is 14.3 Å². The molecule has 1 aliphatic rings. The SMILES string of the molecule is CC(C)(C)OC(=O)N1CC(n2cc(C(=O)OCCl)nn2)C1. The van der Waals surface area contributed by atoms with Crippen LogP contribution in [-0.2, 0) is 9.47 Å². The van der Waals surface area contributed by atoms with E-state index in [0.29, 0.717) is 13.1 Å². The molecule has 0 unspecified atom stereocenters. The lowest BCUT2D eigenvalue weighted by atomic mass is 10.1. The molecule has 1 amide bonds. The van der Waals surface area contributed by atoms with E-state index in [-0.39, 0.29) is 23.9 Å². The van der Waals surface area contributed by atoms with Crippen LogP contribution in [0, 0.1) is 0 Å². The maximum atomic E-state index is 11.8. The first-order valence-corrected chi connectivity index (χ1v) is 6.96. The van der Waals surface area contributed by atoms with E-state index in [4.69, 9.17) is 16.3 Å². The summed E-state index contributed by atoms with van der Waals surface area (Å²) in [6.45, 7) is 6.36. The number of esters is 1. The predicted octanol–water partition coefficient (Wildman–Crippen LogP) is 1.42. The number of halogens is 1. The number of amides is 1. The van der Waals surface area contributed by atoms with E-state index < -0.39 is 11.6 Å². The smallest absolute Gasteiger partial charge is 0.410 e. The Morgan fingerprint density at radius 3 is 2.67 bits per heavy atom. The third-order valence-corrected chi connectivity index (χ3v) is 2.90. The van der Waals surface area contributed by atoms with Crippen molar-refractivity contribution in [1.82, 2.24) is 19.9 Å². The number of alkyl halides is 1. The maximum Gasteiger partial charge on any atom is 0.410 e. The molecule has 8 nitrogen and oxygen atoms in total. The van der Waals surface area contributed by atoms with E-state index in [1.54, 1.807) is 4.90 Å². The van der Waals surface area contributed by atoms with Gasteiger partial charge in [0.2, 0.25) is 0 Å². The molecule has 0 atom stereocenters. The molecular formula is C12H17ClN4O4. The average molecular weight is 317 g/mol. The van der Waals surface area contributed by atoms with Crippen molar-refractivity contribution in [3.63, 3.8) is 0 Å². The second-order valence-electron chi connectivity index (χ2n) is 5.66. The molecule has 0 spiro atoms. The molecule has 0 bridgehead atoms. The van der Waals surface area contributed by atoms with Crippen LogP contribution >= 0.6 is 11.6 Å². The van der Waals surface area contributed by atoms with Gasteiger partial charge in [-0.2, -0.15) is 0 Å². The quantitative estimate of drug-likeness (QED) is 0.619. The molecule has 0 radical (unpaired) electrons. The molecule has 2 rings (SSSR count). The molecule has 1 aromatic heterocycles. The van der Waals surface area contributed by atoms with Crippen LogP contribution < -0.4 is 0 Å². The van der Waals surface area contributed by atoms with E-state index in [9.17, 15) is 9.59 Å². The third-order valence-electron chi connectivity index (χ3n) is 2.79. The number of carbonyl (C=O) groups is 2. The van der Waals surface area contributed by atoms with Crippen LogP contribution in [0.5, 0.6) is 0 Å². The van der Waals surface area contributed by atoms with E-state index in [1.165, 1.54) is 10.9 Å². The first kappa shape index (κ1) is 15.6.